The molecule has 0 saturated carbocycles. The molecule has 0 fully saturated rings. The maximum Gasteiger partial charge on any atom is 0.218 e. The number of methoxy groups -OCH3 is 1. The number of aryl methyl sites for hydroxylation is 1. The van der Waals surface area contributed by atoms with Gasteiger partial charge in [0.1, 0.15) is 6.61 Å². The Bertz CT molecular complexity index is 711. The van der Waals surface area contributed by atoms with Gasteiger partial charge in [-0.1, -0.05) is 13.0 Å². The molecular weight excluding hydrogens is 489 g/mol. The molecule has 156 valence electrons. The molecule has 2 aromatic rings. The standard InChI is InChI=1S/C19H29N5O2S.HI/c1-4-16-14-23-17(27-16)8-10-22-19(20-5-2)24-13-15-7-6-9-21-18(15)26-12-11-25-3;/h6-7,9,14H,4-5,8,10-13H2,1-3H3,(H2,20,22,24);1H. The van der Waals surface area contributed by atoms with Crippen LogP contribution in [-0.4, -0.2) is 49.3 Å². The Balaban J connectivity index is 0.00000392. The van der Waals surface area contributed by atoms with Crippen molar-refractivity contribution in [1.82, 2.24) is 20.6 Å². The monoisotopic (exact) mass is 519 g/mol. The molecule has 0 aromatic carbocycles. The smallest absolute Gasteiger partial charge is 0.218 e. The lowest BCUT2D eigenvalue weighted by atomic mass is 10.3. The van der Waals surface area contributed by atoms with E-state index in [4.69, 9.17) is 9.47 Å². The van der Waals surface area contributed by atoms with Gasteiger partial charge in [-0.25, -0.2) is 15.0 Å². The van der Waals surface area contributed by atoms with Gasteiger partial charge >= 0.3 is 0 Å². The normalized spacial score (nSPS) is 11.0. The Morgan fingerprint density at radius 3 is 2.79 bits per heavy atom. The van der Waals surface area contributed by atoms with Crippen LogP contribution in [0.4, 0.5) is 0 Å². The fourth-order valence-corrected chi connectivity index (χ4v) is 3.18. The average molecular weight is 519 g/mol. The molecule has 0 spiro atoms. The lowest BCUT2D eigenvalue weighted by Crippen LogP contribution is -2.38. The zero-order valence-electron chi connectivity index (χ0n) is 16.7. The van der Waals surface area contributed by atoms with E-state index in [9.17, 15) is 0 Å². The third kappa shape index (κ3) is 8.70. The summed E-state index contributed by atoms with van der Waals surface area (Å²) in [5, 5.41) is 7.78. The molecule has 2 aromatic heterocycles. The summed E-state index contributed by atoms with van der Waals surface area (Å²) in [5.41, 5.74) is 0.943. The number of pyridine rings is 1. The first-order valence-electron chi connectivity index (χ1n) is 9.28. The van der Waals surface area contributed by atoms with E-state index in [1.807, 2.05) is 18.3 Å². The molecule has 2 rings (SSSR count). The van der Waals surface area contributed by atoms with E-state index in [2.05, 4.69) is 39.4 Å². The first kappa shape index (κ1) is 24.6. The van der Waals surface area contributed by atoms with Gasteiger partial charge in [0.15, 0.2) is 5.96 Å². The number of guanidine groups is 1. The summed E-state index contributed by atoms with van der Waals surface area (Å²) in [5.74, 6) is 1.38. The van der Waals surface area contributed by atoms with Crippen LogP contribution in [0.1, 0.15) is 29.3 Å². The number of halogens is 1. The van der Waals surface area contributed by atoms with E-state index >= 15 is 0 Å². The summed E-state index contributed by atoms with van der Waals surface area (Å²) in [6.07, 6.45) is 5.60. The number of ether oxygens (including phenoxy) is 2. The Labute approximate surface area is 188 Å². The Morgan fingerprint density at radius 1 is 1.21 bits per heavy atom. The lowest BCUT2D eigenvalue weighted by molar-refractivity contribution is 0.143. The van der Waals surface area contributed by atoms with Gasteiger partial charge in [0, 0.05) is 49.5 Å². The van der Waals surface area contributed by atoms with Crippen molar-refractivity contribution in [2.24, 2.45) is 4.99 Å². The molecule has 9 heteroatoms. The van der Waals surface area contributed by atoms with E-state index in [0.29, 0.717) is 25.6 Å². The van der Waals surface area contributed by atoms with Crippen molar-refractivity contribution in [3.8, 4) is 5.88 Å². The van der Waals surface area contributed by atoms with Gasteiger partial charge in [-0.15, -0.1) is 35.3 Å². The van der Waals surface area contributed by atoms with Gasteiger partial charge in [0.25, 0.3) is 0 Å². The zero-order chi connectivity index (χ0) is 19.3. The fourth-order valence-electron chi connectivity index (χ4n) is 2.32. The number of nitrogens with zero attached hydrogens (tertiary/aromatic N) is 3. The second-order valence-corrected chi connectivity index (χ2v) is 6.95. The molecular formula is C19H30IN5O2S. The lowest BCUT2D eigenvalue weighted by Gasteiger charge is -2.12. The van der Waals surface area contributed by atoms with Crippen molar-refractivity contribution in [3.05, 3.63) is 40.0 Å². The molecule has 0 atom stereocenters. The largest absolute Gasteiger partial charge is 0.475 e. The second kappa shape index (κ2) is 14.5. The first-order valence-corrected chi connectivity index (χ1v) is 10.1. The van der Waals surface area contributed by atoms with E-state index in [1.54, 1.807) is 24.6 Å². The van der Waals surface area contributed by atoms with Crippen molar-refractivity contribution in [3.63, 3.8) is 0 Å². The number of nitrogens with one attached hydrogen (secondary N) is 2. The number of aromatic nitrogens is 2. The van der Waals surface area contributed by atoms with Crippen LogP contribution in [0, 0.1) is 0 Å². The summed E-state index contributed by atoms with van der Waals surface area (Å²) in [6, 6.07) is 3.87. The average Bonchev–Trinajstić information content (AvgIpc) is 3.15. The molecule has 0 unspecified atom stereocenters. The van der Waals surface area contributed by atoms with Crippen LogP contribution in [0.25, 0.3) is 0 Å². The molecule has 0 saturated heterocycles. The highest BCUT2D eigenvalue weighted by molar-refractivity contribution is 14.0. The van der Waals surface area contributed by atoms with Crippen LogP contribution in [0.15, 0.2) is 29.5 Å². The second-order valence-electron chi connectivity index (χ2n) is 5.75. The van der Waals surface area contributed by atoms with Crippen LogP contribution < -0.4 is 15.4 Å². The third-order valence-corrected chi connectivity index (χ3v) is 4.91. The van der Waals surface area contributed by atoms with Crippen molar-refractivity contribution < 1.29 is 9.47 Å². The number of hydrogen-bond donors (Lipinski definition) is 2. The number of rotatable bonds is 11. The molecule has 0 aliphatic rings. The molecule has 0 aliphatic carbocycles. The predicted octanol–water partition coefficient (Wildman–Crippen LogP) is 3.04. The van der Waals surface area contributed by atoms with E-state index < -0.39 is 0 Å². The maximum atomic E-state index is 5.67. The first-order chi connectivity index (χ1) is 13.3. The van der Waals surface area contributed by atoms with Gasteiger partial charge in [-0.05, 0) is 19.4 Å². The molecule has 0 amide bonds. The highest BCUT2D eigenvalue weighted by Crippen LogP contribution is 2.15. The van der Waals surface area contributed by atoms with Crippen molar-refractivity contribution >= 4 is 41.3 Å². The molecule has 7 nitrogen and oxygen atoms in total. The minimum absolute atomic E-state index is 0. The number of aliphatic imine (C=N–C) groups is 1. The molecule has 0 aliphatic heterocycles. The molecule has 28 heavy (non-hydrogen) atoms. The van der Waals surface area contributed by atoms with Crippen molar-refractivity contribution in [2.45, 2.75) is 33.2 Å². The summed E-state index contributed by atoms with van der Waals surface area (Å²) < 4.78 is 10.7. The topological polar surface area (TPSA) is 80.7 Å². The summed E-state index contributed by atoms with van der Waals surface area (Å²) in [4.78, 5) is 14.7. The highest BCUT2D eigenvalue weighted by Gasteiger charge is 2.06. The van der Waals surface area contributed by atoms with E-state index in [0.717, 1.165) is 42.5 Å². The van der Waals surface area contributed by atoms with Crippen LogP contribution in [-0.2, 0) is 24.1 Å². The van der Waals surface area contributed by atoms with Gasteiger partial charge in [-0.2, -0.15) is 0 Å². The van der Waals surface area contributed by atoms with Crippen molar-refractivity contribution in [2.75, 3.05) is 33.4 Å². The van der Waals surface area contributed by atoms with Crippen LogP contribution in [0.5, 0.6) is 5.88 Å². The Morgan fingerprint density at radius 2 is 2.07 bits per heavy atom. The minimum Gasteiger partial charge on any atom is -0.475 e. The quantitative estimate of drug-likeness (QED) is 0.206. The van der Waals surface area contributed by atoms with Crippen LogP contribution >= 0.6 is 35.3 Å². The Kier molecular flexibility index (Phi) is 12.8. The van der Waals surface area contributed by atoms with Gasteiger partial charge < -0.3 is 20.1 Å². The molecule has 2 heterocycles. The molecule has 0 bridgehead atoms. The molecule has 0 radical (unpaired) electrons. The summed E-state index contributed by atoms with van der Waals surface area (Å²) in [7, 11) is 1.65. The summed E-state index contributed by atoms with van der Waals surface area (Å²) >= 11 is 1.77. The maximum absolute atomic E-state index is 5.67. The van der Waals surface area contributed by atoms with E-state index in [-0.39, 0.29) is 24.0 Å². The van der Waals surface area contributed by atoms with Crippen LogP contribution in [0.2, 0.25) is 0 Å². The predicted molar refractivity (Wildman–Crippen MR) is 125 cm³/mol. The Hall–Kier alpha value is -1.46. The number of thiazole rings is 1. The minimum atomic E-state index is 0. The summed E-state index contributed by atoms with van der Waals surface area (Å²) in [6.45, 7) is 7.27. The van der Waals surface area contributed by atoms with Gasteiger partial charge in [0.05, 0.1) is 18.2 Å². The van der Waals surface area contributed by atoms with Crippen LogP contribution in [0.3, 0.4) is 0 Å². The SMILES string of the molecule is CCNC(=NCc1cccnc1OCCOC)NCCc1ncc(CC)s1.I. The third-order valence-electron chi connectivity index (χ3n) is 3.71. The number of hydrogen-bond acceptors (Lipinski definition) is 6. The van der Waals surface area contributed by atoms with Gasteiger partial charge in [-0.3, -0.25) is 0 Å². The van der Waals surface area contributed by atoms with Gasteiger partial charge in [0.2, 0.25) is 5.88 Å². The van der Waals surface area contributed by atoms with Crippen molar-refractivity contribution in [1.29, 1.82) is 0 Å². The van der Waals surface area contributed by atoms with E-state index in [1.165, 1.54) is 4.88 Å². The fraction of sp³-hybridized carbons (Fsp3) is 0.526. The molecule has 2 N–H and O–H groups in total. The zero-order valence-corrected chi connectivity index (χ0v) is 19.9. The highest BCUT2D eigenvalue weighted by atomic mass is 127.